The predicted octanol–water partition coefficient (Wildman–Crippen LogP) is 3.30. The van der Waals surface area contributed by atoms with Crippen LogP contribution in [0.1, 0.15) is 40.5 Å². The van der Waals surface area contributed by atoms with E-state index in [2.05, 4.69) is 37.5 Å². The molecule has 0 aliphatic heterocycles. The number of nitrogens with zero attached hydrogens (tertiary/aromatic N) is 2. The van der Waals surface area contributed by atoms with Crippen molar-refractivity contribution in [3.8, 4) is 0 Å². The average molecular weight is 303 g/mol. The minimum Gasteiger partial charge on any atom is -0.477 e. The van der Waals surface area contributed by atoms with Crippen LogP contribution in [0.3, 0.4) is 0 Å². The van der Waals surface area contributed by atoms with Crippen molar-refractivity contribution in [1.82, 2.24) is 5.32 Å². The van der Waals surface area contributed by atoms with Crippen LogP contribution < -0.4 is 5.32 Å². The lowest BCUT2D eigenvalue weighted by molar-refractivity contribution is 0.117. The number of nitrogens with one attached hydrogen (secondary N) is 1. The highest BCUT2D eigenvalue weighted by molar-refractivity contribution is 7.16. The number of rotatable bonds is 6. The third kappa shape index (κ3) is 9.03. The van der Waals surface area contributed by atoms with Gasteiger partial charge < -0.3 is 10.1 Å². The average Bonchev–Trinajstić information content (AvgIpc) is 2.42. The fraction of sp³-hybridized carbons (Fsp3) is 0.714. The first-order chi connectivity index (χ1) is 9.34. The van der Waals surface area contributed by atoms with Crippen LogP contribution in [0.2, 0.25) is 0 Å². The number of ether oxygens (including phenoxy) is 1. The van der Waals surface area contributed by atoms with E-state index in [0.29, 0.717) is 18.0 Å². The van der Waals surface area contributed by atoms with Gasteiger partial charge in [0.1, 0.15) is 12.3 Å². The van der Waals surface area contributed by atoms with Crippen LogP contribution in [0.4, 0.5) is 4.39 Å². The second kappa shape index (κ2) is 9.87. The Balaban J connectivity index is 4.67. The molecule has 20 heavy (non-hydrogen) atoms. The van der Waals surface area contributed by atoms with Crippen molar-refractivity contribution in [3.63, 3.8) is 0 Å². The molecule has 0 aromatic carbocycles. The molecule has 4 nitrogen and oxygen atoms in total. The molecule has 0 heterocycles. The third-order valence-corrected chi connectivity index (χ3v) is 3.36. The first-order valence-corrected chi connectivity index (χ1v) is 7.66. The lowest BCUT2D eigenvalue weighted by atomic mass is 10.2. The molecular formula is C14H27FN3OP. The molecule has 0 aliphatic rings. The molecule has 6 heteroatoms. The van der Waals surface area contributed by atoms with Crippen LogP contribution in [0.25, 0.3) is 0 Å². The maximum atomic E-state index is 13.7. The van der Waals surface area contributed by atoms with Gasteiger partial charge in [-0.1, -0.05) is 19.4 Å². The molecule has 0 saturated heterocycles. The quantitative estimate of drug-likeness (QED) is 0.465. The van der Waals surface area contributed by atoms with Crippen LogP contribution in [-0.4, -0.2) is 37.3 Å². The molecule has 1 N–H and O–H groups in total. The van der Waals surface area contributed by atoms with Gasteiger partial charge in [0.05, 0.1) is 0 Å². The highest BCUT2D eigenvalue weighted by Crippen LogP contribution is 2.13. The summed E-state index contributed by atoms with van der Waals surface area (Å²) in [5, 5.41) is 2.90. The highest BCUT2D eigenvalue weighted by atomic mass is 31.0. The van der Waals surface area contributed by atoms with Gasteiger partial charge in [-0.25, -0.2) is 9.38 Å². The Morgan fingerprint density at radius 2 is 2.05 bits per heavy atom. The molecule has 0 spiro atoms. The zero-order valence-corrected chi connectivity index (χ0v) is 14.3. The molecule has 0 radical (unpaired) electrons. The van der Waals surface area contributed by atoms with Crippen molar-refractivity contribution >= 4 is 21.1 Å². The minimum atomic E-state index is -1.37. The predicted molar refractivity (Wildman–Crippen MR) is 88.3 cm³/mol. The van der Waals surface area contributed by atoms with Gasteiger partial charge in [0.2, 0.25) is 5.96 Å². The smallest absolute Gasteiger partial charge is 0.225 e. The van der Waals surface area contributed by atoms with E-state index in [4.69, 9.17) is 4.74 Å². The molecule has 0 bridgehead atoms. The molecule has 0 rings (SSSR count). The van der Waals surface area contributed by atoms with Crippen molar-refractivity contribution in [2.24, 2.45) is 9.98 Å². The van der Waals surface area contributed by atoms with E-state index in [1.54, 1.807) is 14.0 Å². The largest absolute Gasteiger partial charge is 0.477 e. The second-order valence-electron chi connectivity index (χ2n) is 4.86. The lowest BCUT2D eigenvalue weighted by Crippen LogP contribution is -2.29. The zero-order chi connectivity index (χ0) is 15.6. The number of hydrogen-bond acceptors (Lipinski definition) is 2. The van der Waals surface area contributed by atoms with Gasteiger partial charge in [0, 0.05) is 19.7 Å². The number of allylic oxidation sites excluding steroid dienone is 2. The van der Waals surface area contributed by atoms with E-state index < -0.39 is 5.67 Å². The number of alkyl halides is 1. The lowest BCUT2D eigenvalue weighted by Gasteiger charge is -2.18. The Labute approximate surface area is 124 Å². The Kier molecular flexibility index (Phi) is 9.39. The SMILES string of the molecule is CCC/C=C(C)/N=C(\N=C(/C)OCC(C)(F)CP)NC. The van der Waals surface area contributed by atoms with E-state index in [1.807, 2.05) is 6.92 Å². The Bertz CT molecular complexity index is 379. The maximum Gasteiger partial charge on any atom is 0.225 e. The summed E-state index contributed by atoms with van der Waals surface area (Å²) in [5.41, 5.74) is -0.469. The van der Waals surface area contributed by atoms with E-state index in [-0.39, 0.29) is 6.61 Å². The zero-order valence-electron chi connectivity index (χ0n) is 13.2. The summed E-state index contributed by atoms with van der Waals surface area (Å²) < 4.78 is 19.0. The van der Waals surface area contributed by atoms with Gasteiger partial charge >= 0.3 is 0 Å². The Morgan fingerprint density at radius 1 is 1.40 bits per heavy atom. The fourth-order valence-electron chi connectivity index (χ4n) is 1.20. The first kappa shape index (κ1) is 19.0. The minimum absolute atomic E-state index is 0.0204. The molecular weight excluding hydrogens is 276 g/mol. The van der Waals surface area contributed by atoms with Gasteiger partial charge in [0.15, 0.2) is 5.90 Å². The van der Waals surface area contributed by atoms with Crippen LogP contribution in [0, 0.1) is 0 Å². The molecule has 0 saturated carbocycles. The second-order valence-corrected chi connectivity index (χ2v) is 5.26. The summed E-state index contributed by atoms with van der Waals surface area (Å²) in [6, 6.07) is 0. The third-order valence-electron chi connectivity index (χ3n) is 2.51. The summed E-state index contributed by atoms with van der Waals surface area (Å²) in [7, 11) is 4.11. The summed E-state index contributed by atoms with van der Waals surface area (Å²) in [6.07, 6.45) is 4.44. The molecule has 0 amide bonds. The maximum absolute atomic E-state index is 13.7. The summed E-state index contributed by atoms with van der Waals surface area (Å²) in [6.45, 7) is 7.20. The van der Waals surface area contributed by atoms with Gasteiger partial charge in [-0.3, -0.25) is 0 Å². The molecule has 0 fully saturated rings. The Hall–Kier alpha value is -0.960. The molecule has 2 unspecified atom stereocenters. The van der Waals surface area contributed by atoms with Crippen molar-refractivity contribution in [2.75, 3.05) is 19.8 Å². The van der Waals surface area contributed by atoms with E-state index in [1.165, 1.54) is 6.92 Å². The van der Waals surface area contributed by atoms with E-state index >= 15 is 0 Å². The summed E-state index contributed by atoms with van der Waals surface area (Å²) in [4.78, 5) is 8.54. The molecule has 116 valence electrons. The highest BCUT2D eigenvalue weighted by Gasteiger charge is 2.21. The van der Waals surface area contributed by atoms with Crippen LogP contribution in [-0.2, 0) is 4.74 Å². The van der Waals surface area contributed by atoms with Crippen molar-refractivity contribution < 1.29 is 9.13 Å². The number of halogens is 1. The number of unbranched alkanes of at least 4 members (excludes halogenated alkanes) is 1. The van der Waals surface area contributed by atoms with Crippen molar-refractivity contribution in [3.05, 3.63) is 11.8 Å². The van der Waals surface area contributed by atoms with Gasteiger partial charge in [0.25, 0.3) is 0 Å². The molecule has 0 aromatic rings. The van der Waals surface area contributed by atoms with Crippen LogP contribution in [0.15, 0.2) is 21.8 Å². The van der Waals surface area contributed by atoms with Gasteiger partial charge in [-0.2, -0.15) is 4.99 Å². The Morgan fingerprint density at radius 3 is 2.55 bits per heavy atom. The molecule has 0 aromatic heterocycles. The summed E-state index contributed by atoms with van der Waals surface area (Å²) >= 11 is 0. The van der Waals surface area contributed by atoms with E-state index in [0.717, 1.165) is 18.5 Å². The number of guanidine groups is 1. The van der Waals surface area contributed by atoms with E-state index in [9.17, 15) is 4.39 Å². The number of hydrogen-bond donors (Lipinski definition) is 1. The van der Waals surface area contributed by atoms with Crippen LogP contribution in [0.5, 0.6) is 0 Å². The standard InChI is InChI=1S/C14H27FN3OP/c1-6-7-8-11(2)17-13(16-5)18-12(3)19-9-14(4,15)10-20/h8H,6-7,9-10,20H2,1-5H3,(H,16,17)/b11-8+,18-12+. The molecule has 2 atom stereocenters. The van der Waals surface area contributed by atoms with Crippen LogP contribution >= 0.6 is 9.24 Å². The fourth-order valence-corrected chi connectivity index (χ4v) is 1.32. The monoisotopic (exact) mass is 303 g/mol. The van der Waals surface area contributed by atoms with Gasteiger partial charge in [-0.15, -0.1) is 9.24 Å². The topological polar surface area (TPSA) is 46.0 Å². The van der Waals surface area contributed by atoms with Crippen molar-refractivity contribution in [1.29, 1.82) is 0 Å². The van der Waals surface area contributed by atoms with Crippen molar-refractivity contribution in [2.45, 2.75) is 46.2 Å². The summed E-state index contributed by atoms with van der Waals surface area (Å²) in [5.74, 6) is 0.850. The first-order valence-electron chi connectivity index (χ1n) is 6.85. The molecule has 0 aliphatic carbocycles. The van der Waals surface area contributed by atoms with Gasteiger partial charge in [-0.05, 0) is 26.4 Å². The number of aliphatic imine (C=N–C) groups is 2. The normalized spacial score (nSPS) is 16.9.